The van der Waals surface area contributed by atoms with Crippen LogP contribution in [0.4, 0.5) is 0 Å². The van der Waals surface area contributed by atoms with Crippen molar-refractivity contribution >= 4 is 36.5 Å². The minimum Gasteiger partial charge on any atom is -0.0833 e. The van der Waals surface area contributed by atoms with E-state index in [1.54, 1.807) is 6.07 Å². The van der Waals surface area contributed by atoms with E-state index in [2.05, 4.69) is 0 Å². The Hall–Kier alpha value is -0.135. The second kappa shape index (κ2) is 2.63. The molecule has 1 aromatic rings. The number of hydrogen-bond donors (Lipinski definition) is 0. The molecule has 9 heavy (non-hydrogen) atoms. The number of rotatable bonds is 0. The third kappa shape index (κ3) is 1.41. The molecule has 0 aliphatic heterocycles. The van der Waals surface area contributed by atoms with Crippen molar-refractivity contribution in [2.24, 2.45) is 0 Å². The van der Waals surface area contributed by atoms with E-state index in [1.807, 2.05) is 20.0 Å². The molecule has 46 valence electrons. The fourth-order valence-electron chi connectivity index (χ4n) is 0.612. The summed E-state index contributed by atoms with van der Waals surface area (Å²) in [6.45, 7) is 0. The molecule has 0 fully saturated rings. The van der Waals surface area contributed by atoms with Gasteiger partial charge in [0.25, 0.3) is 0 Å². The molecule has 0 nitrogen and oxygen atoms in total. The van der Waals surface area contributed by atoms with Gasteiger partial charge in [0.1, 0.15) is 7.85 Å². The molecule has 0 aliphatic rings. The van der Waals surface area contributed by atoms with Gasteiger partial charge >= 0.3 is 0 Å². The van der Waals surface area contributed by atoms with Gasteiger partial charge in [0, 0.05) is 0 Å². The Morgan fingerprint density at radius 3 is 2.33 bits per heavy atom. The fourth-order valence-corrected chi connectivity index (χ4v) is 0.959. The summed E-state index contributed by atoms with van der Waals surface area (Å²) in [6.07, 6.45) is 0. The Balaban J connectivity index is 3.25. The molecule has 0 saturated heterocycles. The van der Waals surface area contributed by atoms with Crippen LogP contribution in [0.15, 0.2) is 18.2 Å². The predicted molar refractivity (Wildman–Crippen MR) is 44.6 cm³/mol. The lowest BCUT2D eigenvalue weighted by Crippen LogP contribution is -2.02. The lowest BCUT2D eigenvalue weighted by atomic mass is 9.97. The van der Waals surface area contributed by atoms with E-state index >= 15 is 0 Å². The van der Waals surface area contributed by atoms with E-state index in [9.17, 15) is 0 Å². The van der Waals surface area contributed by atoms with Crippen LogP contribution in [0, 0.1) is 0 Å². The predicted octanol–water partition coefficient (Wildman–Crippen LogP) is 1.25. The Morgan fingerprint density at radius 2 is 1.89 bits per heavy atom. The summed E-state index contributed by atoms with van der Waals surface area (Å²) in [6, 6.07) is 5.58. The van der Waals surface area contributed by atoms with Crippen LogP contribution in [0.1, 0.15) is 0 Å². The third-order valence-corrected chi connectivity index (χ3v) is 2.06. The van der Waals surface area contributed by atoms with E-state index < -0.39 is 0 Å². The van der Waals surface area contributed by atoms with Crippen molar-refractivity contribution in [3.05, 3.63) is 28.2 Å². The quantitative estimate of drug-likeness (QED) is 0.499. The van der Waals surface area contributed by atoms with Gasteiger partial charge in [-0.25, -0.2) is 0 Å². The first kappa shape index (κ1) is 6.98. The van der Waals surface area contributed by atoms with Crippen LogP contribution in [-0.2, 0) is 0 Å². The first-order valence-electron chi connectivity index (χ1n) is 2.62. The SMILES string of the molecule is Bc1cccc(Cl)c1Cl. The zero-order chi connectivity index (χ0) is 6.85. The molecule has 1 rings (SSSR count). The largest absolute Gasteiger partial charge is 0.141 e. The van der Waals surface area contributed by atoms with Crippen LogP contribution in [0.3, 0.4) is 0 Å². The highest BCUT2D eigenvalue weighted by atomic mass is 35.5. The highest BCUT2D eigenvalue weighted by Gasteiger charge is 1.96. The molecule has 0 N–H and O–H groups in total. The van der Waals surface area contributed by atoms with E-state index in [-0.39, 0.29) is 0 Å². The summed E-state index contributed by atoms with van der Waals surface area (Å²) in [5, 5.41) is 1.27. The van der Waals surface area contributed by atoms with Crippen molar-refractivity contribution in [2.75, 3.05) is 0 Å². The minimum absolute atomic E-state index is 0.622. The van der Waals surface area contributed by atoms with Crippen LogP contribution >= 0.6 is 23.2 Å². The number of halogens is 2. The normalized spacial score (nSPS) is 9.56. The van der Waals surface area contributed by atoms with Gasteiger partial charge in [-0.05, 0) is 6.07 Å². The van der Waals surface area contributed by atoms with Gasteiger partial charge in [-0.15, -0.1) is 0 Å². The van der Waals surface area contributed by atoms with Crippen LogP contribution in [0.5, 0.6) is 0 Å². The van der Waals surface area contributed by atoms with Gasteiger partial charge in [-0.3, -0.25) is 0 Å². The molecule has 0 spiro atoms. The maximum absolute atomic E-state index is 5.75. The summed E-state index contributed by atoms with van der Waals surface area (Å²) < 4.78 is 0. The first-order chi connectivity index (χ1) is 4.22. The number of benzene rings is 1. The first-order valence-corrected chi connectivity index (χ1v) is 3.38. The van der Waals surface area contributed by atoms with Crippen LogP contribution in [0.25, 0.3) is 0 Å². The Morgan fingerprint density at radius 1 is 1.22 bits per heavy atom. The summed E-state index contributed by atoms with van der Waals surface area (Å²) in [5.41, 5.74) is 1.02. The van der Waals surface area contributed by atoms with Crippen molar-refractivity contribution in [3.8, 4) is 0 Å². The Bertz CT molecular complexity index is 202. The van der Waals surface area contributed by atoms with Gasteiger partial charge in [-0.2, -0.15) is 0 Å². The van der Waals surface area contributed by atoms with Crippen LogP contribution in [-0.4, -0.2) is 7.85 Å². The monoisotopic (exact) mass is 158 g/mol. The van der Waals surface area contributed by atoms with Gasteiger partial charge < -0.3 is 0 Å². The topological polar surface area (TPSA) is 0 Å². The highest BCUT2D eigenvalue weighted by Crippen LogP contribution is 2.17. The van der Waals surface area contributed by atoms with Gasteiger partial charge in [0.15, 0.2) is 0 Å². The van der Waals surface area contributed by atoms with Crippen molar-refractivity contribution in [1.29, 1.82) is 0 Å². The Labute approximate surface area is 65.2 Å². The van der Waals surface area contributed by atoms with Crippen molar-refractivity contribution in [2.45, 2.75) is 0 Å². The second-order valence-electron chi connectivity index (χ2n) is 1.87. The third-order valence-electron chi connectivity index (χ3n) is 1.14. The maximum atomic E-state index is 5.75. The molecule has 0 bridgehead atoms. The zero-order valence-corrected chi connectivity index (χ0v) is 6.50. The zero-order valence-electron chi connectivity index (χ0n) is 4.99. The fraction of sp³-hybridized carbons (Fsp3) is 0. The summed E-state index contributed by atoms with van der Waals surface area (Å²) in [4.78, 5) is 0. The average molecular weight is 159 g/mol. The molecule has 0 atom stereocenters. The molecular formula is C6H5BCl2. The molecule has 0 aliphatic carbocycles. The van der Waals surface area contributed by atoms with Crippen LogP contribution in [0.2, 0.25) is 10.0 Å². The van der Waals surface area contributed by atoms with E-state index in [4.69, 9.17) is 23.2 Å². The van der Waals surface area contributed by atoms with E-state index in [0.29, 0.717) is 10.0 Å². The lowest BCUT2D eigenvalue weighted by molar-refractivity contribution is 1.76. The summed E-state index contributed by atoms with van der Waals surface area (Å²) in [5.74, 6) is 0. The van der Waals surface area contributed by atoms with Gasteiger partial charge in [-0.1, -0.05) is 40.8 Å². The van der Waals surface area contributed by atoms with Gasteiger partial charge in [0.05, 0.1) is 10.0 Å². The highest BCUT2D eigenvalue weighted by molar-refractivity contribution is 6.50. The summed E-state index contributed by atoms with van der Waals surface area (Å²) in [7, 11) is 1.92. The van der Waals surface area contributed by atoms with Crippen molar-refractivity contribution < 1.29 is 0 Å². The van der Waals surface area contributed by atoms with E-state index in [1.165, 1.54) is 0 Å². The molecular weight excluding hydrogens is 154 g/mol. The molecule has 0 saturated carbocycles. The average Bonchev–Trinajstić information content (AvgIpc) is 1.83. The molecule has 0 amide bonds. The molecule has 1 aromatic carbocycles. The maximum Gasteiger partial charge on any atom is 0.141 e. The molecule has 0 radical (unpaired) electrons. The van der Waals surface area contributed by atoms with E-state index in [0.717, 1.165) is 5.46 Å². The number of hydrogen-bond acceptors (Lipinski definition) is 0. The smallest absolute Gasteiger partial charge is 0.0833 e. The standard InChI is InChI=1S/C6H5BCl2/c7-4-2-1-3-5(8)6(4)9/h1-3H,7H2. The van der Waals surface area contributed by atoms with Gasteiger partial charge in [0.2, 0.25) is 0 Å². The minimum atomic E-state index is 0.622. The van der Waals surface area contributed by atoms with Crippen LogP contribution < -0.4 is 5.46 Å². The molecule has 0 aromatic heterocycles. The molecule has 0 unspecified atom stereocenters. The summed E-state index contributed by atoms with van der Waals surface area (Å²) >= 11 is 11.4. The molecule has 3 heteroatoms. The van der Waals surface area contributed by atoms with Crippen molar-refractivity contribution in [3.63, 3.8) is 0 Å². The second-order valence-corrected chi connectivity index (χ2v) is 2.66. The molecule has 0 heterocycles. The lowest BCUT2D eigenvalue weighted by Gasteiger charge is -1.96. The Kier molecular flexibility index (Phi) is 2.04. The van der Waals surface area contributed by atoms with Crippen molar-refractivity contribution in [1.82, 2.24) is 0 Å².